The van der Waals surface area contributed by atoms with E-state index in [0.717, 1.165) is 6.42 Å². The molecule has 0 unspecified atom stereocenters. The number of hydrogen-bond acceptors (Lipinski definition) is 4. The molecule has 0 aromatic carbocycles. The van der Waals surface area contributed by atoms with E-state index in [0.29, 0.717) is 12.8 Å². The molecule has 1 saturated carbocycles. The van der Waals surface area contributed by atoms with Crippen molar-refractivity contribution in [2.45, 2.75) is 44.2 Å². The minimum atomic E-state index is -2.86. The predicted octanol–water partition coefficient (Wildman–Crippen LogP) is 3.19. The Kier molecular flexibility index (Phi) is 5.39. The van der Waals surface area contributed by atoms with Gasteiger partial charge in [0.25, 0.3) is 6.29 Å². The Morgan fingerprint density at radius 1 is 0.875 bits per heavy atom. The third kappa shape index (κ3) is 2.45. The lowest BCUT2D eigenvalue weighted by Gasteiger charge is -2.35. The van der Waals surface area contributed by atoms with E-state index in [1.165, 1.54) is 0 Å². The molecule has 0 aromatic rings. The Morgan fingerprint density at radius 3 is 1.75 bits per heavy atom. The van der Waals surface area contributed by atoms with E-state index in [4.69, 9.17) is 0 Å². The highest BCUT2D eigenvalue weighted by Crippen LogP contribution is 2.40. The fourth-order valence-corrected chi connectivity index (χ4v) is 2.05. The van der Waals surface area contributed by atoms with Gasteiger partial charge in [-0.3, -0.25) is 0 Å². The summed E-state index contributed by atoms with van der Waals surface area (Å²) in [5, 5.41) is 0. The normalized spacial score (nSPS) is 19.3. The maximum atomic E-state index is 12.4. The average Bonchev–Trinajstić information content (AvgIpc) is 2.37. The molecule has 4 nitrogen and oxygen atoms in total. The molecule has 0 heterocycles. The zero-order valence-corrected chi connectivity index (χ0v) is 8.34. The summed E-state index contributed by atoms with van der Waals surface area (Å²) in [4.78, 5) is 12.4. The van der Waals surface area contributed by atoms with Gasteiger partial charge in [0.1, 0.15) is 0 Å². The minimum absolute atomic E-state index is 0.289. The summed E-state index contributed by atoms with van der Waals surface area (Å²) in [5.41, 5.74) is 0. The molecule has 1 fully saturated rings. The third-order valence-electron chi connectivity index (χ3n) is 2.91. The van der Waals surface area contributed by atoms with Crippen LogP contribution in [0.25, 0.3) is 0 Å². The van der Waals surface area contributed by atoms with Crippen LogP contribution < -0.4 is 0 Å². The van der Waals surface area contributed by atoms with Gasteiger partial charge >= 0.3 is 5.79 Å². The maximum Gasteiger partial charge on any atom is 0.303 e. The van der Waals surface area contributed by atoms with Gasteiger partial charge in [-0.15, -0.1) is 9.88 Å². The van der Waals surface area contributed by atoms with E-state index in [9.17, 15) is 18.1 Å². The van der Waals surface area contributed by atoms with Crippen molar-refractivity contribution in [2.75, 3.05) is 0 Å². The molecular formula is C8H12F4O4. The average molecular weight is 248 g/mol. The molecule has 0 radical (unpaired) electrons. The summed E-state index contributed by atoms with van der Waals surface area (Å²) in [6.07, 6.45) is 0.164. The van der Waals surface area contributed by atoms with E-state index in [-0.39, 0.29) is 12.8 Å². The third-order valence-corrected chi connectivity index (χ3v) is 2.91. The van der Waals surface area contributed by atoms with Crippen LogP contribution in [0.15, 0.2) is 0 Å². The first-order valence-corrected chi connectivity index (χ1v) is 4.89. The van der Waals surface area contributed by atoms with E-state index >= 15 is 0 Å². The van der Waals surface area contributed by atoms with E-state index < -0.39 is 18.0 Å². The monoisotopic (exact) mass is 248 g/mol. The van der Waals surface area contributed by atoms with Gasteiger partial charge in [0, 0.05) is 5.92 Å². The van der Waals surface area contributed by atoms with Crippen LogP contribution in [0.3, 0.4) is 0 Å². The van der Waals surface area contributed by atoms with Gasteiger partial charge in [-0.05, 0) is 30.9 Å². The van der Waals surface area contributed by atoms with Gasteiger partial charge in [0.15, 0.2) is 0 Å². The molecule has 0 spiro atoms. The second kappa shape index (κ2) is 6.33. The van der Waals surface area contributed by atoms with Crippen LogP contribution in [0.5, 0.6) is 0 Å². The zero-order valence-electron chi connectivity index (χ0n) is 8.34. The quantitative estimate of drug-likeness (QED) is 0.534. The molecule has 1 aliphatic carbocycles. The van der Waals surface area contributed by atoms with Gasteiger partial charge in [-0.2, -0.15) is 9.88 Å². The van der Waals surface area contributed by atoms with Gasteiger partial charge in [-0.25, -0.2) is 0 Å². The van der Waals surface area contributed by atoms with E-state index in [1.54, 1.807) is 0 Å². The van der Waals surface area contributed by atoms with Crippen molar-refractivity contribution < 1.29 is 37.9 Å². The first-order valence-electron chi connectivity index (χ1n) is 4.89. The summed E-state index contributed by atoms with van der Waals surface area (Å²) in [6, 6.07) is 0. The van der Waals surface area contributed by atoms with E-state index in [1.807, 2.05) is 0 Å². The fourth-order valence-electron chi connectivity index (χ4n) is 2.05. The molecule has 1 aliphatic rings. The first kappa shape index (κ1) is 13.6. The van der Waals surface area contributed by atoms with Crippen LogP contribution in [0.2, 0.25) is 0 Å². The fraction of sp³-hybridized carbons (Fsp3) is 1.00. The highest BCUT2D eigenvalue weighted by Gasteiger charge is 2.55. The van der Waals surface area contributed by atoms with Crippen molar-refractivity contribution in [1.82, 2.24) is 0 Å². The van der Waals surface area contributed by atoms with Crippen molar-refractivity contribution >= 4 is 0 Å². The lowest BCUT2D eigenvalue weighted by Crippen LogP contribution is -2.52. The van der Waals surface area contributed by atoms with Gasteiger partial charge in [0.2, 0.25) is 0 Å². The molecule has 1 rings (SSSR count). The molecule has 0 bridgehead atoms. The highest BCUT2D eigenvalue weighted by molar-refractivity contribution is 4.83. The molecule has 0 aromatic heterocycles. The number of rotatable bonds is 6. The topological polar surface area (TPSA) is 36.9 Å². The SMILES string of the molecule is FOC(OF)C(OF)(OF)C1CCCCC1. The van der Waals surface area contributed by atoms with Crippen LogP contribution >= 0.6 is 0 Å². The van der Waals surface area contributed by atoms with Gasteiger partial charge in [-0.1, -0.05) is 19.3 Å². The van der Waals surface area contributed by atoms with Crippen LogP contribution in [0.4, 0.5) is 18.1 Å². The Hall–Kier alpha value is -0.440. The van der Waals surface area contributed by atoms with Crippen molar-refractivity contribution in [3.05, 3.63) is 0 Å². The zero-order chi connectivity index (χ0) is 12.0. The maximum absolute atomic E-state index is 12.4. The Balaban J connectivity index is 2.83. The second-order valence-electron chi connectivity index (χ2n) is 3.72. The number of halogens is 4. The van der Waals surface area contributed by atoms with Crippen LogP contribution in [0.1, 0.15) is 32.1 Å². The van der Waals surface area contributed by atoms with Crippen LogP contribution in [-0.4, -0.2) is 12.1 Å². The summed E-state index contributed by atoms with van der Waals surface area (Å²) in [7, 11) is 0. The summed E-state index contributed by atoms with van der Waals surface area (Å²) in [5.74, 6) is -3.75. The smallest absolute Gasteiger partial charge is 0.152 e. The Labute approximate surface area is 89.0 Å². The Bertz CT molecular complexity index is 192. The largest absolute Gasteiger partial charge is 0.303 e. The molecule has 16 heavy (non-hydrogen) atoms. The van der Waals surface area contributed by atoms with Crippen LogP contribution in [-0.2, 0) is 19.8 Å². The molecule has 96 valence electrons. The van der Waals surface area contributed by atoms with Crippen molar-refractivity contribution in [3.63, 3.8) is 0 Å². The lowest BCUT2D eigenvalue weighted by atomic mass is 9.83. The molecule has 0 N–H and O–H groups in total. The minimum Gasteiger partial charge on any atom is -0.152 e. The van der Waals surface area contributed by atoms with Gasteiger partial charge < -0.3 is 0 Å². The van der Waals surface area contributed by atoms with E-state index in [2.05, 4.69) is 19.8 Å². The second-order valence-corrected chi connectivity index (χ2v) is 3.72. The molecule has 0 atom stereocenters. The molecule has 0 aliphatic heterocycles. The number of hydrogen-bond donors (Lipinski definition) is 0. The van der Waals surface area contributed by atoms with Gasteiger partial charge in [0.05, 0.1) is 0 Å². The van der Waals surface area contributed by atoms with Crippen molar-refractivity contribution in [3.8, 4) is 0 Å². The highest BCUT2D eigenvalue weighted by atomic mass is 19.3. The Morgan fingerprint density at radius 2 is 1.38 bits per heavy atom. The van der Waals surface area contributed by atoms with Crippen molar-refractivity contribution in [1.29, 1.82) is 0 Å². The molecule has 0 amide bonds. The van der Waals surface area contributed by atoms with Crippen LogP contribution in [0, 0.1) is 5.92 Å². The lowest BCUT2D eigenvalue weighted by molar-refractivity contribution is -0.525. The molecular weight excluding hydrogens is 236 g/mol. The molecule has 8 heteroatoms. The standard InChI is InChI=1S/C8H12F4O4/c9-13-7(14-10)8(15-11,16-12)6-4-2-1-3-5-6/h6-7H,1-5H2. The predicted molar refractivity (Wildman–Crippen MR) is 41.9 cm³/mol. The summed E-state index contributed by atoms with van der Waals surface area (Å²) in [6.45, 7) is 0. The first-order chi connectivity index (χ1) is 7.75. The van der Waals surface area contributed by atoms with Crippen molar-refractivity contribution in [2.24, 2.45) is 5.92 Å². The summed E-state index contributed by atoms with van der Waals surface area (Å²) < 4.78 is 48.6. The molecule has 0 saturated heterocycles. The summed E-state index contributed by atoms with van der Waals surface area (Å²) >= 11 is 0.